The fraction of sp³-hybridized carbons (Fsp3) is 0.269. The summed E-state index contributed by atoms with van der Waals surface area (Å²) in [5.41, 5.74) is 3.66. The lowest BCUT2D eigenvalue weighted by Crippen LogP contribution is -2.48. The molecule has 3 aromatic carbocycles. The first-order chi connectivity index (χ1) is 15.4. The van der Waals surface area contributed by atoms with Gasteiger partial charge in [0.25, 0.3) is 5.91 Å². The third-order valence-electron chi connectivity index (χ3n) is 5.20. The summed E-state index contributed by atoms with van der Waals surface area (Å²) < 4.78 is 6.11. The number of methoxy groups -OCH3 is 1. The van der Waals surface area contributed by atoms with Gasteiger partial charge in [-0.2, -0.15) is 0 Å². The van der Waals surface area contributed by atoms with E-state index in [0.29, 0.717) is 25.1 Å². The molecule has 0 spiro atoms. The van der Waals surface area contributed by atoms with E-state index in [1.807, 2.05) is 73.7 Å². The number of ether oxygens (including phenoxy) is 1. The van der Waals surface area contributed by atoms with Gasteiger partial charge < -0.3 is 20.5 Å². The normalized spacial score (nSPS) is 12.8. The van der Waals surface area contributed by atoms with E-state index < -0.39 is 12.1 Å². The van der Waals surface area contributed by atoms with Crippen LogP contribution in [0.25, 0.3) is 0 Å². The van der Waals surface area contributed by atoms with Crippen LogP contribution >= 0.6 is 15.9 Å². The second-order valence-electron chi connectivity index (χ2n) is 7.84. The lowest BCUT2D eigenvalue weighted by molar-refractivity contribution is 0.0830. The van der Waals surface area contributed by atoms with E-state index in [-0.39, 0.29) is 5.91 Å². The van der Waals surface area contributed by atoms with Crippen molar-refractivity contribution in [3.63, 3.8) is 0 Å². The monoisotopic (exact) mass is 496 g/mol. The fourth-order valence-electron chi connectivity index (χ4n) is 3.56. The highest BCUT2D eigenvalue weighted by molar-refractivity contribution is 9.10. The minimum Gasteiger partial charge on any atom is -0.497 e. The molecule has 0 saturated heterocycles. The highest BCUT2D eigenvalue weighted by Crippen LogP contribution is 2.16. The van der Waals surface area contributed by atoms with Gasteiger partial charge in [0.15, 0.2) is 0 Å². The summed E-state index contributed by atoms with van der Waals surface area (Å²) in [5, 5.41) is 17.3. The molecule has 0 aliphatic heterocycles. The Bertz CT molecular complexity index is 1010. The topological polar surface area (TPSA) is 70.6 Å². The van der Waals surface area contributed by atoms with Gasteiger partial charge in [0.2, 0.25) is 0 Å². The number of hydrogen-bond acceptors (Lipinski definition) is 4. The molecule has 0 aliphatic carbocycles. The van der Waals surface area contributed by atoms with Crippen LogP contribution in [0.3, 0.4) is 0 Å². The Morgan fingerprint density at radius 3 is 2.50 bits per heavy atom. The predicted molar refractivity (Wildman–Crippen MR) is 131 cm³/mol. The molecular formula is C26H29BrN2O3. The van der Waals surface area contributed by atoms with Crippen LogP contribution in [0.2, 0.25) is 0 Å². The maximum atomic E-state index is 12.9. The van der Waals surface area contributed by atoms with E-state index in [9.17, 15) is 9.90 Å². The summed E-state index contributed by atoms with van der Waals surface area (Å²) in [7, 11) is 1.64. The van der Waals surface area contributed by atoms with Gasteiger partial charge in [-0.05, 0) is 60.4 Å². The molecule has 0 fully saturated rings. The first kappa shape index (κ1) is 24.0. The molecule has 2 unspecified atom stereocenters. The van der Waals surface area contributed by atoms with Gasteiger partial charge in [-0.3, -0.25) is 4.79 Å². The Labute approximate surface area is 198 Å². The summed E-state index contributed by atoms with van der Waals surface area (Å²) in [6, 6.07) is 22.8. The van der Waals surface area contributed by atoms with Crippen molar-refractivity contribution in [2.75, 3.05) is 13.7 Å². The molecular weight excluding hydrogens is 468 g/mol. The molecule has 168 valence electrons. The van der Waals surface area contributed by atoms with Crippen molar-refractivity contribution in [3.05, 3.63) is 99.5 Å². The predicted octanol–water partition coefficient (Wildman–Crippen LogP) is 4.26. The molecule has 0 heterocycles. The van der Waals surface area contributed by atoms with Crippen molar-refractivity contribution in [1.29, 1.82) is 0 Å². The van der Waals surface area contributed by atoms with Crippen molar-refractivity contribution in [2.24, 2.45) is 0 Å². The van der Waals surface area contributed by atoms with Crippen LogP contribution < -0.4 is 15.4 Å². The van der Waals surface area contributed by atoms with Crippen LogP contribution in [0.1, 0.15) is 27.0 Å². The van der Waals surface area contributed by atoms with Gasteiger partial charge in [0, 0.05) is 23.1 Å². The molecule has 2 atom stereocenters. The molecule has 0 radical (unpaired) electrons. The minimum atomic E-state index is -0.766. The van der Waals surface area contributed by atoms with Crippen LogP contribution in [0.5, 0.6) is 5.75 Å². The number of aliphatic hydroxyl groups excluding tert-OH is 1. The van der Waals surface area contributed by atoms with Crippen molar-refractivity contribution in [2.45, 2.75) is 32.0 Å². The Hall–Kier alpha value is -2.67. The highest BCUT2D eigenvalue weighted by Gasteiger charge is 2.22. The van der Waals surface area contributed by atoms with Gasteiger partial charge in [0.1, 0.15) is 5.75 Å². The van der Waals surface area contributed by atoms with E-state index in [1.165, 1.54) is 0 Å². The van der Waals surface area contributed by atoms with Gasteiger partial charge >= 0.3 is 0 Å². The Balaban J connectivity index is 1.67. The summed E-state index contributed by atoms with van der Waals surface area (Å²) in [5.74, 6) is 0.588. The second-order valence-corrected chi connectivity index (χ2v) is 8.75. The van der Waals surface area contributed by atoms with Crippen LogP contribution in [0.15, 0.2) is 77.3 Å². The molecule has 32 heavy (non-hydrogen) atoms. The van der Waals surface area contributed by atoms with Crippen LogP contribution in [-0.2, 0) is 13.0 Å². The summed E-state index contributed by atoms with van der Waals surface area (Å²) in [4.78, 5) is 12.9. The molecule has 5 nitrogen and oxygen atoms in total. The molecule has 0 bridgehead atoms. The largest absolute Gasteiger partial charge is 0.497 e. The van der Waals surface area contributed by atoms with E-state index in [1.54, 1.807) is 13.2 Å². The number of nitrogens with one attached hydrogen (secondary N) is 2. The van der Waals surface area contributed by atoms with Gasteiger partial charge in [-0.1, -0.05) is 58.4 Å². The van der Waals surface area contributed by atoms with Crippen molar-refractivity contribution < 1.29 is 14.6 Å². The number of halogens is 1. The number of aliphatic hydroxyl groups is 1. The van der Waals surface area contributed by atoms with Crippen LogP contribution in [-0.4, -0.2) is 36.8 Å². The van der Waals surface area contributed by atoms with Crippen molar-refractivity contribution >= 4 is 21.8 Å². The number of benzene rings is 3. The second kappa shape index (κ2) is 11.8. The number of hydrogen-bond donors (Lipinski definition) is 3. The zero-order valence-corrected chi connectivity index (χ0v) is 19.9. The van der Waals surface area contributed by atoms with Crippen molar-refractivity contribution in [3.8, 4) is 5.75 Å². The van der Waals surface area contributed by atoms with E-state index in [2.05, 4.69) is 26.6 Å². The molecule has 6 heteroatoms. The number of amides is 1. The molecule has 0 saturated carbocycles. The lowest BCUT2D eigenvalue weighted by atomic mass is 10.00. The number of aryl methyl sites for hydroxylation is 1. The molecule has 3 rings (SSSR count). The van der Waals surface area contributed by atoms with Crippen LogP contribution in [0.4, 0.5) is 0 Å². The number of carbonyl (C=O) groups excluding carboxylic acids is 1. The first-order valence-electron chi connectivity index (χ1n) is 10.6. The Morgan fingerprint density at radius 1 is 1.03 bits per heavy atom. The maximum Gasteiger partial charge on any atom is 0.251 e. The molecule has 0 aromatic heterocycles. The van der Waals surface area contributed by atoms with E-state index in [0.717, 1.165) is 26.9 Å². The lowest BCUT2D eigenvalue weighted by Gasteiger charge is -2.25. The summed E-state index contributed by atoms with van der Waals surface area (Å²) in [6.45, 7) is 2.87. The first-order valence-corrected chi connectivity index (χ1v) is 11.4. The van der Waals surface area contributed by atoms with E-state index in [4.69, 9.17) is 4.74 Å². The van der Waals surface area contributed by atoms with E-state index >= 15 is 0 Å². The average Bonchev–Trinajstić information content (AvgIpc) is 2.78. The minimum absolute atomic E-state index is 0.206. The average molecular weight is 497 g/mol. The zero-order valence-electron chi connectivity index (χ0n) is 18.3. The summed E-state index contributed by atoms with van der Waals surface area (Å²) >= 11 is 3.45. The standard InChI is InChI=1S/C26H29BrN2O3/c1-18-11-21(15-22(27)12-18)26(31)29-24(14-19-7-4-3-5-8-19)25(30)17-28-16-20-9-6-10-23(13-20)32-2/h3-13,15,24-25,28,30H,14,16-17H2,1-2H3,(H,29,31). The summed E-state index contributed by atoms with van der Waals surface area (Å²) in [6.07, 6.45) is -0.236. The zero-order chi connectivity index (χ0) is 22.9. The van der Waals surface area contributed by atoms with Gasteiger partial charge in [-0.15, -0.1) is 0 Å². The van der Waals surface area contributed by atoms with Crippen molar-refractivity contribution in [1.82, 2.24) is 10.6 Å². The molecule has 3 N–H and O–H groups in total. The molecule has 0 aliphatic rings. The Morgan fingerprint density at radius 2 is 1.78 bits per heavy atom. The third-order valence-corrected chi connectivity index (χ3v) is 5.66. The number of rotatable bonds is 10. The molecule has 3 aromatic rings. The van der Waals surface area contributed by atoms with Gasteiger partial charge in [-0.25, -0.2) is 0 Å². The SMILES string of the molecule is COc1cccc(CNCC(O)C(Cc2ccccc2)NC(=O)c2cc(C)cc(Br)c2)c1. The molecule has 1 amide bonds. The van der Waals surface area contributed by atoms with Crippen LogP contribution in [0, 0.1) is 6.92 Å². The number of carbonyl (C=O) groups is 1. The van der Waals surface area contributed by atoms with Gasteiger partial charge in [0.05, 0.1) is 19.3 Å². The quantitative estimate of drug-likeness (QED) is 0.392. The Kier molecular flexibility index (Phi) is 8.85. The smallest absolute Gasteiger partial charge is 0.251 e. The fourth-order valence-corrected chi connectivity index (χ4v) is 4.17. The third kappa shape index (κ3) is 7.19. The highest BCUT2D eigenvalue weighted by atomic mass is 79.9. The maximum absolute atomic E-state index is 12.9.